The van der Waals surface area contributed by atoms with Crippen LogP contribution in [0.1, 0.15) is 20.8 Å². The molecule has 1 aromatic rings. The van der Waals surface area contributed by atoms with Gasteiger partial charge in [-0.3, -0.25) is 0 Å². The highest BCUT2D eigenvalue weighted by Crippen LogP contribution is 2.08. The van der Waals surface area contributed by atoms with Gasteiger partial charge in [-0.05, 0) is 6.07 Å². The van der Waals surface area contributed by atoms with Gasteiger partial charge < -0.3 is 14.4 Å². The molecule has 0 aliphatic carbocycles. The largest absolute Gasteiger partial charge is 0.477 e. The highest BCUT2D eigenvalue weighted by molar-refractivity contribution is 5.94. The summed E-state index contributed by atoms with van der Waals surface area (Å²) in [5, 5.41) is 8.66. The van der Waals surface area contributed by atoms with E-state index in [1.807, 2.05) is 0 Å². The Morgan fingerprint density at radius 3 is 2.54 bits per heavy atom. The number of carboxylic acid groups (broad SMARTS) is 1. The number of nitrogens with zero attached hydrogens (tertiary/aromatic N) is 1. The van der Waals surface area contributed by atoms with E-state index < -0.39 is 11.9 Å². The number of hydrogen-bond acceptors (Lipinski definition) is 3. The molecule has 5 heteroatoms. The summed E-state index contributed by atoms with van der Waals surface area (Å²) in [4.78, 5) is 21.5. The number of aryl methyl sites for hydroxylation is 1. The molecule has 0 saturated heterocycles. The smallest absolute Gasteiger partial charge is 0.352 e. The molecule has 0 radical (unpaired) electrons. The maximum atomic E-state index is 11.0. The second kappa shape index (κ2) is 3.30. The van der Waals surface area contributed by atoms with Gasteiger partial charge in [0.25, 0.3) is 0 Å². The van der Waals surface area contributed by atoms with Crippen molar-refractivity contribution in [1.82, 2.24) is 4.57 Å². The summed E-state index contributed by atoms with van der Waals surface area (Å²) in [6, 6.07) is 1.27. The normalized spacial score (nSPS) is 9.69. The van der Waals surface area contributed by atoms with Crippen molar-refractivity contribution < 1.29 is 19.4 Å². The van der Waals surface area contributed by atoms with Crippen molar-refractivity contribution in [3.63, 3.8) is 0 Å². The molecule has 1 rings (SSSR count). The average Bonchev–Trinajstić information content (AvgIpc) is 2.46. The number of carboxylic acids is 1. The number of carbonyl (C=O) groups excluding carboxylic acids is 1. The van der Waals surface area contributed by atoms with Crippen molar-refractivity contribution >= 4 is 11.9 Å². The second-order valence-corrected chi connectivity index (χ2v) is 2.52. The first-order valence-electron chi connectivity index (χ1n) is 3.54. The molecule has 0 atom stereocenters. The SMILES string of the molecule is COC(=O)c1cc(C(=O)O)n(C)c1. The van der Waals surface area contributed by atoms with Gasteiger partial charge in [-0.2, -0.15) is 0 Å². The van der Waals surface area contributed by atoms with E-state index in [1.54, 1.807) is 7.05 Å². The van der Waals surface area contributed by atoms with Crippen LogP contribution in [0.2, 0.25) is 0 Å². The minimum Gasteiger partial charge on any atom is -0.477 e. The first-order chi connectivity index (χ1) is 6.06. The van der Waals surface area contributed by atoms with Gasteiger partial charge in [0.1, 0.15) is 5.69 Å². The van der Waals surface area contributed by atoms with Crippen LogP contribution in [0.25, 0.3) is 0 Å². The maximum absolute atomic E-state index is 11.0. The lowest BCUT2D eigenvalue weighted by Crippen LogP contribution is -2.02. The van der Waals surface area contributed by atoms with Crippen LogP contribution in [0.3, 0.4) is 0 Å². The molecule has 0 aromatic carbocycles. The zero-order valence-electron chi connectivity index (χ0n) is 7.27. The van der Waals surface area contributed by atoms with Gasteiger partial charge in [0.15, 0.2) is 0 Å². The Morgan fingerprint density at radius 1 is 1.54 bits per heavy atom. The second-order valence-electron chi connectivity index (χ2n) is 2.52. The Balaban J connectivity index is 3.09. The fourth-order valence-electron chi connectivity index (χ4n) is 1.01. The van der Waals surface area contributed by atoms with E-state index >= 15 is 0 Å². The van der Waals surface area contributed by atoms with Crippen LogP contribution in [0.5, 0.6) is 0 Å². The molecular formula is C8H9NO4. The molecular weight excluding hydrogens is 174 g/mol. The number of rotatable bonds is 2. The molecule has 13 heavy (non-hydrogen) atoms. The predicted octanol–water partition coefficient (Wildman–Crippen LogP) is 0.510. The van der Waals surface area contributed by atoms with Gasteiger partial charge in [0.05, 0.1) is 12.7 Å². The van der Waals surface area contributed by atoms with Crippen molar-refractivity contribution in [3.8, 4) is 0 Å². The van der Waals surface area contributed by atoms with E-state index in [4.69, 9.17) is 5.11 Å². The summed E-state index contributed by atoms with van der Waals surface area (Å²) in [6.45, 7) is 0. The molecule has 70 valence electrons. The Labute approximate surface area is 74.5 Å². The third-order valence-corrected chi connectivity index (χ3v) is 1.65. The quantitative estimate of drug-likeness (QED) is 0.678. The van der Waals surface area contributed by atoms with Gasteiger partial charge in [0.2, 0.25) is 0 Å². The summed E-state index contributed by atoms with van der Waals surface area (Å²) < 4.78 is 5.79. The third-order valence-electron chi connectivity index (χ3n) is 1.65. The number of ether oxygens (including phenoxy) is 1. The van der Waals surface area contributed by atoms with E-state index in [1.165, 1.54) is 23.9 Å². The fourth-order valence-corrected chi connectivity index (χ4v) is 1.01. The van der Waals surface area contributed by atoms with Crippen molar-refractivity contribution in [1.29, 1.82) is 0 Å². The van der Waals surface area contributed by atoms with Gasteiger partial charge in [0, 0.05) is 13.2 Å². The summed E-state index contributed by atoms with van der Waals surface area (Å²) in [7, 11) is 2.80. The van der Waals surface area contributed by atoms with Crippen LogP contribution < -0.4 is 0 Å². The van der Waals surface area contributed by atoms with Crippen LogP contribution in [-0.2, 0) is 11.8 Å². The van der Waals surface area contributed by atoms with E-state index in [-0.39, 0.29) is 11.3 Å². The van der Waals surface area contributed by atoms with E-state index in [9.17, 15) is 9.59 Å². The standard InChI is InChI=1S/C8H9NO4/c1-9-4-5(8(12)13-2)3-6(9)7(10)11/h3-4H,1-2H3,(H,10,11). The number of esters is 1. The molecule has 0 aliphatic rings. The van der Waals surface area contributed by atoms with E-state index in [0.717, 1.165) is 0 Å². The lowest BCUT2D eigenvalue weighted by Gasteiger charge is -1.93. The van der Waals surface area contributed by atoms with Crippen molar-refractivity contribution in [2.24, 2.45) is 7.05 Å². The van der Waals surface area contributed by atoms with Crippen LogP contribution in [0, 0.1) is 0 Å². The number of methoxy groups -OCH3 is 1. The highest BCUT2D eigenvalue weighted by atomic mass is 16.5. The average molecular weight is 183 g/mol. The topological polar surface area (TPSA) is 68.5 Å². The minimum absolute atomic E-state index is 0.0559. The van der Waals surface area contributed by atoms with Crippen LogP contribution in [0.15, 0.2) is 12.3 Å². The van der Waals surface area contributed by atoms with Crippen molar-refractivity contribution in [2.75, 3.05) is 7.11 Å². The summed E-state index contributed by atoms with van der Waals surface area (Å²) in [5.74, 6) is -1.61. The minimum atomic E-state index is -1.07. The number of aromatic nitrogens is 1. The van der Waals surface area contributed by atoms with Crippen molar-refractivity contribution in [2.45, 2.75) is 0 Å². The Bertz CT molecular complexity index is 353. The Morgan fingerprint density at radius 2 is 2.15 bits per heavy atom. The number of hydrogen-bond donors (Lipinski definition) is 1. The number of aromatic carboxylic acids is 1. The molecule has 0 bridgehead atoms. The fraction of sp³-hybridized carbons (Fsp3) is 0.250. The zero-order valence-corrected chi connectivity index (χ0v) is 7.27. The molecule has 0 unspecified atom stereocenters. The Kier molecular flexibility index (Phi) is 2.36. The predicted molar refractivity (Wildman–Crippen MR) is 43.7 cm³/mol. The maximum Gasteiger partial charge on any atom is 0.352 e. The lowest BCUT2D eigenvalue weighted by molar-refractivity contribution is 0.0600. The van der Waals surface area contributed by atoms with Gasteiger partial charge in [-0.25, -0.2) is 9.59 Å². The van der Waals surface area contributed by atoms with Crippen LogP contribution in [-0.4, -0.2) is 28.7 Å². The molecule has 5 nitrogen and oxygen atoms in total. The van der Waals surface area contributed by atoms with Gasteiger partial charge >= 0.3 is 11.9 Å². The summed E-state index contributed by atoms with van der Waals surface area (Å²) >= 11 is 0. The molecule has 1 heterocycles. The molecule has 1 aromatic heterocycles. The molecule has 1 N–H and O–H groups in total. The lowest BCUT2D eigenvalue weighted by atomic mass is 10.3. The molecule has 0 aliphatic heterocycles. The Hall–Kier alpha value is -1.78. The van der Waals surface area contributed by atoms with Crippen LogP contribution in [0.4, 0.5) is 0 Å². The van der Waals surface area contributed by atoms with Crippen molar-refractivity contribution in [3.05, 3.63) is 23.5 Å². The highest BCUT2D eigenvalue weighted by Gasteiger charge is 2.14. The van der Waals surface area contributed by atoms with Gasteiger partial charge in [-0.15, -0.1) is 0 Å². The third kappa shape index (κ3) is 1.69. The number of carbonyl (C=O) groups is 2. The first kappa shape index (κ1) is 9.31. The van der Waals surface area contributed by atoms with Crippen LogP contribution >= 0.6 is 0 Å². The molecule has 0 fully saturated rings. The first-order valence-corrected chi connectivity index (χ1v) is 3.54. The zero-order chi connectivity index (χ0) is 10.0. The molecule has 0 saturated carbocycles. The summed E-state index contributed by atoms with van der Waals surface area (Å²) in [5.41, 5.74) is 0.294. The van der Waals surface area contributed by atoms with E-state index in [2.05, 4.69) is 4.74 Å². The van der Waals surface area contributed by atoms with Gasteiger partial charge in [-0.1, -0.05) is 0 Å². The van der Waals surface area contributed by atoms with E-state index in [0.29, 0.717) is 0 Å². The summed E-state index contributed by atoms with van der Waals surface area (Å²) in [6.07, 6.45) is 1.41. The monoisotopic (exact) mass is 183 g/mol. The molecule has 0 spiro atoms. The molecule has 0 amide bonds.